The van der Waals surface area contributed by atoms with Gasteiger partial charge < -0.3 is 14.9 Å². The van der Waals surface area contributed by atoms with Gasteiger partial charge in [0.2, 0.25) is 5.91 Å². The van der Waals surface area contributed by atoms with Crippen LogP contribution < -0.4 is 4.90 Å². The number of halogens is 1. The molecular formula is C27H36ClN3O2. The van der Waals surface area contributed by atoms with Gasteiger partial charge in [-0.05, 0) is 76.6 Å². The number of likely N-dealkylation sites (tertiary alicyclic amines) is 1. The van der Waals surface area contributed by atoms with Crippen LogP contribution in [0.2, 0.25) is 5.02 Å². The number of hydrogen-bond acceptors (Lipinski definition) is 4. The zero-order valence-electron chi connectivity index (χ0n) is 20.1. The topological polar surface area (TPSA) is 56.1 Å². The minimum Gasteiger partial charge on any atom is -0.385 e. The van der Waals surface area contributed by atoms with Crippen molar-refractivity contribution >= 4 is 29.0 Å². The van der Waals surface area contributed by atoms with Gasteiger partial charge in [0.25, 0.3) is 0 Å². The molecule has 0 radical (unpaired) electrons. The number of carbonyl (C=O) groups is 1. The smallest absolute Gasteiger partial charge is 0.230 e. The predicted molar refractivity (Wildman–Crippen MR) is 136 cm³/mol. The summed E-state index contributed by atoms with van der Waals surface area (Å²) in [6.45, 7) is 12.6. The van der Waals surface area contributed by atoms with Crippen molar-refractivity contribution in [1.29, 1.82) is 0 Å². The van der Waals surface area contributed by atoms with Gasteiger partial charge in [-0.15, -0.1) is 0 Å². The number of piperidine rings is 1. The summed E-state index contributed by atoms with van der Waals surface area (Å²) in [6, 6.07) is 5.50. The second-order valence-electron chi connectivity index (χ2n) is 10.2. The lowest BCUT2D eigenvalue weighted by Gasteiger charge is -2.38. The Bertz CT molecular complexity index is 989. The first-order valence-corrected chi connectivity index (χ1v) is 12.6. The summed E-state index contributed by atoms with van der Waals surface area (Å²) in [5, 5.41) is 11.6. The standard InChI is InChI=1S/C27H36ClN3O2/c1-18-6-7-19(2)25(29-20(3)16-18)30-14-10-21(11-15-30)26(32)31-13-5-12-27(4,33)23-17-22(28)8-9-24(23)31/h8-9,16-17,19,21,33H,3,5-7,10-15H2,1-2,4H3/b18-16-,29-25?. The number of anilines is 1. The van der Waals surface area contributed by atoms with E-state index < -0.39 is 5.60 Å². The van der Waals surface area contributed by atoms with Gasteiger partial charge in [0.15, 0.2) is 0 Å². The fraction of sp³-hybridized carbons (Fsp3) is 0.556. The van der Waals surface area contributed by atoms with Crippen LogP contribution in [0.5, 0.6) is 0 Å². The number of allylic oxidation sites excluding steroid dienone is 2. The van der Waals surface area contributed by atoms with Crippen LogP contribution in [0.25, 0.3) is 0 Å². The summed E-state index contributed by atoms with van der Waals surface area (Å²) >= 11 is 6.23. The van der Waals surface area contributed by atoms with E-state index in [1.807, 2.05) is 30.0 Å². The highest BCUT2D eigenvalue weighted by Crippen LogP contribution is 2.40. The number of rotatable bonds is 1. The minimum atomic E-state index is -0.986. The average molecular weight is 470 g/mol. The molecule has 0 bridgehead atoms. The Morgan fingerprint density at radius 3 is 2.70 bits per heavy atom. The third-order valence-electron chi connectivity index (χ3n) is 7.39. The van der Waals surface area contributed by atoms with Gasteiger partial charge >= 0.3 is 0 Å². The van der Waals surface area contributed by atoms with Crippen molar-refractivity contribution < 1.29 is 9.90 Å². The maximum Gasteiger partial charge on any atom is 0.230 e. The fourth-order valence-electron chi connectivity index (χ4n) is 5.42. The number of nitrogens with zero attached hydrogens (tertiary/aromatic N) is 3. The summed E-state index contributed by atoms with van der Waals surface area (Å²) < 4.78 is 0. The number of amides is 1. The van der Waals surface area contributed by atoms with Gasteiger partial charge in [0, 0.05) is 47.7 Å². The molecule has 1 N–H and O–H groups in total. The number of aliphatic imine (C=N–C) groups is 1. The van der Waals surface area contributed by atoms with Gasteiger partial charge in [-0.2, -0.15) is 0 Å². The largest absolute Gasteiger partial charge is 0.385 e. The van der Waals surface area contributed by atoms with E-state index in [4.69, 9.17) is 16.6 Å². The minimum absolute atomic E-state index is 0.0253. The van der Waals surface area contributed by atoms with Crippen LogP contribution in [0.15, 0.2) is 47.1 Å². The van der Waals surface area contributed by atoms with Crippen LogP contribution in [0.4, 0.5) is 5.69 Å². The second-order valence-corrected chi connectivity index (χ2v) is 10.6. The summed E-state index contributed by atoms with van der Waals surface area (Å²) in [7, 11) is 0. The lowest BCUT2D eigenvalue weighted by atomic mass is 9.90. The molecule has 3 aliphatic heterocycles. The van der Waals surface area contributed by atoms with E-state index in [9.17, 15) is 9.90 Å². The molecule has 1 aromatic rings. The van der Waals surface area contributed by atoms with E-state index in [0.29, 0.717) is 23.9 Å². The number of hydrogen-bond donors (Lipinski definition) is 1. The summed E-state index contributed by atoms with van der Waals surface area (Å²) in [5.74, 6) is 1.62. The summed E-state index contributed by atoms with van der Waals surface area (Å²) in [4.78, 5) is 22.7. The Hall–Kier alpha value is -2.11. The van der Waals surface area contributed by atoms with Crippen molar-refractivity contribution in [3.05, 3.63) is 52.7 Å². The quantitative estimate of drug-likeness (QED) is 0.576. The lowest BCUT2D eigenvalue weighted by Crippen LogP contribution is -2.46. The Morgan fingerprint density at radius 2 is 1.97 bits per heavy atom. The van der Waals surface area contributed by atoms with Gasteiger partial charge in [0.1, 0.15) is 5.84 Å². The predicted octanol–water partition coefficient (Wildman–Crippen LogP) is 5.67. The molecule has 1 fully saturated rings. The third-order valence-corrected chi connectivity index (χ3v) is 7.63. The molecule has 1 amide bonds. The van der Waals surface area contributed by atoms with Crippen molar-refractivity contribution in [3.63, 3.8) is 0 Å². The highest BCUT2D eigenvalue weighted by molar-refractivity contribution is 6.30. The number of aliphatic hydroxyl groups is 1. The van der Waals surface area contributed by atoms with E-state index in [0.717, 1.165) is 68.0 Å². The van der Waals surface area contributed by atoms with Crippen LogP contribution in [-0.4, -0.2) is 41.4 Å². The molecule has 6 heteroatoms. The Kier molecular flexibility index (Phi) is 7.01. The Morgan fingerprint density at radius 1 is 1.24 bits per heavy atom. The molecule has 0 spiro atoms. The van der Waals surface area contributed by atoms with Gasteiger partial charge in [0.05, 0.1) is 11.3 Å². The van der Waals surface area contributed by atoms with Crippen LogP contribution in [0, 0.1) is 11.8 Å². The number of benzene rings is 1. The maximum absolute atomic E-state index is 13.6. The van der Waals surface area contributed by atoms with E-state index in [1.54, 1.807) is 0 Å². The van der Waals surface area contributed by atoms with Crippen LogP contribution in [0.1, 0.15) is 64.9 Å². The molecule has 1 aromatic carbocycles. The first-order chi connectivity index (χ1) is 15.7. The first-order valence-electron chi connectivity index (χ1n) is 12.2. The molecule has 4 rings (SSSR count). The third kappa shape index (κ3) is 5.20. The van der Waals surface area contributed by atoms with Crippen molar-refractivity contribution in [1.82, 2.24) is 4.90 Å². The Labute approximate surface area is 202 Å². The number of amidine groups is 1. The van der Waals surface area contributed by atoms with Gasteiger partial charge in [-0.3, -0.25) is 4.79 Å². The molecule has 178 valence electrons. The fourth-order valence-corrected chi connectivity index (χ4v) is 5.59. The molecule has 33 heavy (non-hydrogen) atoms. The highest BCUT2D eigenvalue weighted by atomic mass is 35.5. The summed E-state index contributed by atoms with van der Waals surface area (Å²) in [5.41, 5.74) is 2.71. The zero-order valence-corrected chi connectivity index (χ0v) is 20.9. The van der Waals surface area contributed by atoms with Gasteiger partial charge in [-0.25, -0.2) is 4.99 Å². The Balaban J connectivity index is 1.49. The molecule has 3 heterocycles. The van der Waals surface area contributed by atoms with Crippen LogP contribution in [0.3, 0.4) is 0 Å². The molecule has 0 aromatic heterocycles. The van der Waals surface area contributed by atoms with Crippen molar-refractivity contribution in [2.24, 2.45) is 16.8 Å². The lowest BCUT2D eigenvalue weighted by molar-refractivity contribution is -0.123. The molecule has 0 saturated carbocycles. The van der Waals surface area contributed by atoms with Crippen molar-refractivity contribution in [2.45, 2.75) is 64.9 Å². The normalized spacial score (nSPS) is 28.8. The molecule has 3 aliphatic rings. The molecule has 1 saturated heterocycles. The average Bonchev–Trinajstić information content (AvgIpc) is 2.90. The van der Waals surface area contributed by atoms with Crippen LogP contribution >= 0.6 is 11.6 Å². The van der Waals surface area contributed by atoms with E-state index in [-0.39, 0.29) is 11.8 Å². The number of fused-ring (bicyclic) bond motifs is 1. The zero-order chi connectivity index (χ0) is 23.8. The SMILES string of the molecule is C=C1/C=C(/C)CCC(C)C(N2CCC(C(=O)N3CCCC(C)(O)c4cc(Cl)ccc43)CC2)=N1. The van der Waals surface area contributed by atoms with Gasteiger partial charge in [-0.1, -0.05) is 30.7 Å². The molecule has 2 unspecified atom stereocenters. The monoisotopic (exact) mass is 469 g/mol. The number of carbonyl (C=O) groups excluding carboxylic acids is 1. The maximum atomic E-state index is 13.6. The van der Waals surface area contributed by atoms with E-state index >= 15 is 0 Å². The first kappa shape index (κ1) is 24.0. The van der Waals surface area contributed by atoms with E-state index in [1.165, 1.54) is 5.57 Å². The molecule has 5 nitrogen and oxygen atoms in total. The van der Waals surface area contributed by atoms with Crippen molar-refractivity contribution in [3.8, 4) is 0 Å². The second kappa shape index (κ2) is 9.63. The van der Waals surface area contributed by atoms with Crippen LogP contribution in [-0.2, 0) is 10.4 Å². The highest BCUT2D eigenvalue weighted by Gasteiger charge is 2.37. The molecule has 2 atom stereocenters. The van der Waals surface area contributed by atoms with E-state index in [2.05, 4.69) is 31.4 Å². The molecular weight excluding hydrogens is 434 g/mol. The molecule has 0 aliphatic carbocycles. The summed E-state index contributed by atoms with van der Waals surface area (Å²) in [6.07, 6.45) is 7.21. The van der Waals surface area contributed by atoms with Crippen molar-refractivity contribution in [2.75, 3.05) is 24.5 Å².